The molecule has 2 N–H and O–H groups in total. The van der Waals surface area contributed by atoms with Gasteiger partial charge >= 0.3 is 0 Å². The van der Waals surface area contributed by atoms with Gasteiger partial charge in [-0.05, 0) is 49.4 Å². The zero-order valence-electron chi connectivity index (χ0n) is 15.8. The van der Waals surface area contributed by atoms with E-state index < -0.39 is 0 Å². The van der Waals surface area contributed by atoms with Gasteiger partial charge in [0.05, 0.1) is 25.0 Å². The van der Waals surface area contributed by atoms with Gasteiger partial charge in [-0.3, -0.25) is 9.59 Å². The minimum Gasteiger partial charge on any atom is -0.493 e. The van der Waals surface area contributed by atoms with E-state index in [9.17, 15) is 9.59 Å². The number of halogens is 1. The molecule has 0 radical (unpaired) electrons. The Morgan fingerprint density at radius 1 is 1.03 bits per heavy atom. The van der Waals surface area contributed by atoms with Gasteiger partial charge in [-0.25, -0.2) is 0 Å². The number of benzene rings is 2. The van der Waals surface area contributed by atoms with Crippen LogP contribution >= 0.6 is 11.6 Å². The molecule has 0 saturated carbocycles. The summed E-state index contributed by atoms with van der Waals surface area (Å²) in [5.74, 6) is 0.166. The molecule has 0 aliphatic rings. The van der Waals surface area contributed by atoms with E-state index in [-0.39, 0.29) is 22.6 Å². The predicted octanol–water partition coefficient (Wildman–Crippen LogP) is 4.84. The molecule has 7 nitrogen and oxygen atoms in total. The Bertz CT molecular complexity index is 1020. The number of nitrogens with one attached hydrogen (secondary N) is 2. The molecule has 29 heavy (non-hydrogen) atoms. The number of furan rings is 1. The first-order valence-corrected chi connectivity index (χ1v) is 9.16. The number of hydrogen-bond acceptors (Lipinski definition) is 5. The largest absolute Gasteiger partial charge is 0.493 e. The number of rotatable bonds is 7. The second kappa shape index (κ2) is 9.16. The molecule has 3 aromatic rings. The van der Waals surface area contributed by atoms with Crippen molar-refractivity contribution in [2.45, 2.75) is 6.92 Å². The fourth-order valence-corrected chi connectivity index (χ4v) is 2.88. The number of carbonyl (C=O) groups is 2. The fourth-order valence-electron chi connectivity index (χ4n) is 2.61. The highest BCUT2D eigenvalue weighted by atomic mass is 35.5. The Hall–Kier alpha value is -3.45. The Labute approximate surface area is 172 Å². The fraction of sp³-hybridized carbons (Fsp3) is 0.143. The molecule has 0 spiro atoms. The number of hydrogen-bond donors (Lipinski definition) is 2. The van der Waals surface area contributed by atoms with E-state index in [4.69, 9.17) is 25.5 Å². The van der Waals surface area contributed by atoms with Crippen LogP contribution in [0.4, 0.5) is 11.4 Å². The normalized spacial score (nSPS) is 10.3. The van der Waals surface area contributed by atoms with Crippen molar-refractivity contribution in [1.29, 1.82) is 0 Å². The van der Waals surface area contributed by atoms with Gasteiger partial charge in [0.1, 0.15) is 0 Å². The summed E-state index contributed by atoms with van der Waals surface area (Å²) in [5, 5.41) is 5.75. The molecule has 2 amide bonds. The SMILES string of the molecule is CCOc1c(Cl)cc(C(=O)Nc2cccc(NC(=O)c3ccco3)c2)cc1OC. The standard InChI is InChI=1S/C21H19ClN2O5/c1-3-28-19-16(22)10-13(11-18(19)27-2)20(25)23-14-6-4-7-15(12-14)24-21(26)17-8-5-9-29-17/h4-12H,3H2,1-2H3,(H,23,25)(H,24,26). The van der Waals surface area contributed by atoms with Crippen molar-refractivity contribution in [1.82, 2.24) is 0 Å². The van der Waals surface area contributed by atoms with Crippen molar-refractivity contribution in [2.24, 2.45) is 0 Å². The third-order valence-electron chi connectivity index (χ3n) is 3.90. The molecule has 3 rings (SSSR count). The summed E-state index contributed by atoms with van der Waals surface area (Å²) in [6.45, 7) is 2.24. The van der Waals surface area contributed by atoms with E-state index in [2.05, 4.69) is 10.6 Å². The monoisotopic (exact) mass is 414 g/mol. The highest BCUT2D eigenvalue weighted by Crippen LogP contribution is 2.36. The topological polar surface area (TPSA) is 89.8 Å². The van der Waals surface area contributed by atoms with Crippen LogP contribution in [0.3, 0.4) is 0 Å². The van der Waals surface area contributed by atoms with Gasteiger partial charge in [0, 0.05) is 16.9 Å². The maximum atomic E-state index is 12.7. The van der Waals surface area contributed by atoms with Crippen LogP contribution in [0.5, 0.6) is 11.5 Å². The first kappa shape index (κ1) is 20.3. The number of amides is 2. The van der Waals surface area contributed by atoms with Gasteiger partial charge in [-0.2, -0.15) is 0 Å². The van der Waals surface area contributed by atoms with Crippen LogP contribution in [0.2, 0.25) is 5.02 Å². The molecule has 1 heterocycles. The summed E-state index contributed by atoms with van der Waals surface area (Å²) < 4.78 is 15.8. The first-order valence-electron chi connectivity index (χ1n) is 8.78. The van der Waals surface area contributed by atoms with Crippen LogP contribution in [0, 0.1) is 0 Å². The summed E-state index contributed by atoms with van der Waals surface area (Å²) in [4.78, 5) is 24.7. The zero-order chi connectivity index (χ0) is 20.8. The second-order valence-electron chi connectivity index (χ2n) is 5.89. The summed E-state index contributed by atoms with van der Waals surface area (Å²) >= 11 is 6.23. The average molecular weight is 415 g/mol. The first-order chi connectivity index (χ1) is 14.0. The molecular formula is C21H19ClN2O5. The lowest BCUT2D eigenvalue weighted by atomic mass is 10.1. The van der Waals surface area contributed by atoms with Crippen molar-refractivity contribution in [3.8, 4) is 11.5 Å². The van der Waals surface area contributed by atoms with Crippen LogP contribution in [0.1, 0.15) is 27.8 Å². The molecular weight excluding hydrogens is 396 g/mol. The molecule has 0 aliphatic carbocycles. The molecule has 150 valence electrons. The molecule has 0 saturated heterocycles. The molecule has 0 unspecified atom stereocenters. The molecule has 0 atom stereocenters. The van der Waals surface area contributed by atoms with E-state index in [1.54, 1.807) is 42.5 Å². The van der Waals surface area contributed by atoms with Gasteiger partial charge in [-0.15, -0.1) is 0 Å². The van der Waals surface area contributed by atoms with E-state index >= 15 is 0 Å². The van der Waals surface area contributed by atoms with Gasteiger partial charge in [0.25, 0.3) is 11.8 Å². The summed E-state index contributed by atoms with van der Waals surface area (Å²) in [7, 11) is 1.47. The average Bonchev–Trinajstić information content (AvgIpc) is 3.24. The quantitative estimate of drug-likeness (QED) is 0.577. The van der Waals surface area contributed by atoms with Crippen LogP contribution in [-0.2, 0) is 0 Å². The van der Waals surface area contributed by atoms with E-state index in [0.717, 1.165) is 0 Å². The lowest BCUT2D eigenvalue weighted by Crippen LogP contribution is -2.14. The van der Waals surface area contributed by atoms with E-state index in [1.165, 1.54) is 19.4 Å². The van der Waals surface area contributed by atoms with Crippen molar-refractivity contribution in [2.75, 3.05) is 24.4 Å². The Kier molecular flexibility index (Phi) is 6.41. The van der Waals surface area contributed by atoms with Crippen molar-refractivity contribution >= 4 is 34.8 Å². The van der Waals surface area contributed by atoms with Gasteiger partial charge in [0.2, 0.25) is 0 Å². The molecule has 0 aliphatic heterocycles. The Balaban J connectivity index is 1.75. The third-order valence-corrected chi connectivity index (χ3v) is 4.18. The lowest BCUT2D eigenvalue weighted by molar-refractivity contribution is 0.0995. The Morgan fingerprint density at radius 3 is 2.38 bits per heavy atom. The third kappa shape index (κ3) is 4.89. The number of ether oxygens (including phenoxy) is 2. The molecule has 0 bridgehead atoms. The molecule has 1 aromatic heterocycles. The molecule has 8 heteroatoms. The van der Waals surface area contributed by atoms with Gasteiger partial charge in [-0.1, -0.05) is 17.7 Å². The number of methoxy groups -OCH3 is 1. The number of anilines is 2. The maximum absolute atomic E-state index is 12.7. The lowest BCUT2D eigenvalue weighted by Gasteiger charge is -2.13. The van der Waals surface area contributed by atoms with Crippen molar-refractivity contribution in [3.05, 3.63) is 71.1 Å². The summed E-state index contributed by atoms with van der Waals surface area (Å²) in [6.07, 6.45) is 1.42. The minimum absolute atomic E-state index is 0.190. The van der Waals surface area contributed by atoms with Crippen LogP contribution in [0.15, 0.2) is 59.2 Å². The van der Waals surface area contributed by atoms with Gasteiger partial charge in [0.15, 0.2) is 17.3 Å². The maximum Gasteiger partial charge on any atom is 0.291 e. The molecule has 2 aromatic carbocycles. The van der Waals surface area contributed by atoms with E-state index in [0.29, 0.717) is 35.0 Å². The minimum atomic E-state index is -0.387. The second-order valence-corrected chi connectivity index (χ2v) is 6.30. The number of carbonyl (C=O) groups excluding carboxylic acids is 2. The predicted molar refractivity (Wildman–Crippen MR) is 110 cm³/mol. The zero-order valence-corrected chi connectivity index (χ0v) is 16.6. The summed E-state index contributed by atoms with van der Waals surface area (Å²) in [5.41, 5.74) is 1.31. The van der Waals surface area contributed by atoms with Crippen LogP contribution in [0.25, 0.3) is 0 Å². The van der Waals surface area contributed by atoms with Crippen LogP contribution < -0.4 is 20.1 Å². The van der Waals surface area contributed by atoms with Crippen molar-refractivity contribution < 1.29 is 23.5 Å². The van der Waals surface area contributed by atoms with E-state index in [1.807, 2.05) is 6.92 Å². The highest BCUT2D eigenvalue weighted by molar-refractivity contribution is 6.32. The molecule has 0 fully saturated rings. The smallest absolute Gasteiger partial charge is 0.291 e. The van der Waals surface area contributed by atoms with Gasteiger partial charge < -0.3 is 24.5 Å². The van der Waals surface area contributed by atoms with Crippen LogP contribution in [-0.4, -0.2) is 25.5 Å². The summed E-state index contributed by atoms with van der Waals surface area (Å²) in [6, 6.07) is 13.0. The highest BCUT2D eigenvalue weighted by Gasteiger charge is 2.16. The van der Waals surface area contributed by atoms with Crippen molar-refractivity contribution in [3.63, 3.8) is 0 Å². The Morgan fingerprint density at radius 2 is 1.76 bits per heavy atom.